The first-order chi connectivity index (χ1) is 20.6. The fourth-order valence-electron chi connectivity index (χ4n) is 6.00. The van der Waals surface area contributed by atoms with Gasteiger partial charge in [-0.1, -0.05) is 38.1 Å². The second kappa shape index (κ2) is 14.8. The molecule has 8 atom stereocenters. The lowest BCUT2D eigenvalue weighted by Crippen LogP contribution is -2.59. The van der Waals surface area contributed by atoms with Crippen molar-refractivity contribution in [2.24, 2.45) is 11.8 Å². The third-order valence-electron chi connectivity index (χ3n) is 8.11. The Kier molecular flexibility index (Phi) is 11.9. The molecule has 10 heteroatoms. The Bertz CT molecular complexity index is 1200. The predicted octanol–water partition coefficient (Wildman–Crippen LogP) is 5.07. The van der Waals surface area contributed by atoms with Crippen LogP contribution in [0.5, 0.6) is 0 Å². The number of rotatable bonds is 14. The highest BCUT2D eigenvalue weighted by Crippen LogP contribution is 2.41. The van der Waals surface area contributed by atoms with E-state index in [0.29, 0.717) is 23.3 Å². The maximum Gasteiger partial charge on any atom is 0.340 e. The number of hydrogen-bond donors (Lipinski definition) is 0. The van der Waals surface area contributed by atoms with Crippen LogP contribution in [0.4, 0.5) is 0 Å². The molecule has 0 N–H and O–H groups in total. The minimum Gasteiger partial charge on any atom is -0.456 e. The lowest BCUT2D eigenvalue weighted by atomic mass is 9.80. The fraction of sp³-hybridized carbons (Fsp3) is 0.618. The Morgan fingerprint density at radius 1 is 1.20 bits per heavy atom. The van der Waals surface area contributed by atoms with Gasteiger partial charge in [-0.05, 0) is 59.8 Å². The maximum absolute atomic E-state index is 13.3. The molecule has 0 saturated carbocycles. The average molecular weight is 616 g/mol. The van der Waals surface area contributed by atoms with E-state index in [9.17, 15) is 14.4 Å². The van der Waals surface area contributed by atoms with Crippen molar-refractivity contribution in [1.29, 1.82) is 0 Å². The second-order valence-corrected chi connectivity index (χ2v) is 12.8. The molecule has 3 rings (SSSR count). The molecule has 10 nitrogen and oxygen atoms in total. The molecule has 0 aromatic heterocycles. The van der Waals surface area contributed by atoms with Crippen molar-refractivity contribution < 1.29 is 42.8 Å². The smallest absolute Gasteiger partial charge is 0.340 e. The third-order valence-corrected chi connectivity index (χ3v) is 8.11. The second-order valence-electron chi connectivity index (χ2n) is 12.8. The average Bonchev–Trinajstić information content (AvgIpc) is 2.97. The summed E-state index contributed by atoms with van der Waals surface area (Å²) < 4.78 is 37.5. The van der Waals surface area contributed by atoms with Crippen LogP contribution in [0.2, 0.25) is 0 Å². The zero-order chi connectivity index (χ0) is 32.8. The van der Waals surface area contributed by atoms with Crippen LogP contribution in [0.25, 0.3) is 0 Å². The van der Waals surface area contributed by atoms with Gasteiger partial charge in [0.25, 0.3) is 0 Å². The molecular weight excluding hydrogens is 566 g/mol. The van der Waals surface area contributed by atoms with Crippen LogP contribution in [-0.2, 0) is 38.0 Å². The number of likely N-dealkylation sites (N-methyl/N-ethyl adjacent to an activating group) is 1. The number of carbonyl (C=O) groups excluding carboxylic acids is 3. The van der Waals surface area contributed by atoms with Crippen LogP contribution < -0.4 is 0 Å². The van der Waals surface area contributed by atoms with E-state index in [1.807, 2.05) is 45.8 Å². The van der Waals surface area contributed by atoms with E-state index in [2.05, 4.69) is 6.58 Å². The van der Waals surface area contributed by atoms with E-state index < -0.39 is 47.7 Å². The molecule has 0 spiro atoms. The van der Waals surface area contributed by atoms with Gasteiger partial charge in [0, 0.05) is 25.7 Å². The molecular formula is C34H49NO9. The van der Waals surface area contributed by atoms with Crippen molar-refractivity contribution in [3.63, 3.8) is 0 Å². The Hall–Kier alpha value is -3.05. The standard InChI is InChI=1S/C34H49NO9/c1-11-17-39-34(8,19-21(2)20-36)29(23(4)27-24(5)30(37)44-33(6,7)43-27)42-32-28(26(35(9)10)18-22(3)40-32)41-31(38)25-15-13-12-14-16-25/h11-16,20-23,26,28-29,32H,1,17-19H2,2-10H3/t21-,22-,23+,26?,28?,29-,32+,34-/m1/s1. The fourth-order valence-corrected chi connectivity index (χ4v) is 6.00. The number of esters is 2. The molecule has 2 aliphatic heterocycles. The Labute approximate surface area is 261 Å². The number of cyclic esters (lactones) is 1. The molecule has 0 aliphatic carbocycles. The van der Waals surface area contributed by atoms with Crippen molar-refractivity contribution in [1.82, 2.24) is 4.90 Å². The largest absolute Gasteiger partial charge is 0.456 e. The van der Waals surface area contributed by atoms with Gasteiger partial charge in [0.05, 0.1) is 41.6 Å². The lowest BCUT2D eigenvalue weighted by molar-refractivity contribution is -0.299. The van der Waals surface area contributed by atoms with Gasteiger partial charge in [-0.3, -0.25) is 0 Å². The van der Waals surface area contributed by atoms with E-state index in [-0.39, 0.29) is 31.1 Å². The van der Waals surface area contributed by atoms with E-state index in [1.54, 1.807) is 58.0 Å². The van der Waals surface area contributed by atoms with Crippen molar-refractivity contribution in [2.75, 3.05) is 20.7 Å². The van der Waals surface area contributed by atoms with Crippen LogP contribution in [0, 0.1) is 11.8 Å². The first-order valence-electron chi connectivity index (χ1n) is 15.2. The first kappa shape index (κ1) is 35.4. The number of aldehydes is 1. The summed E-state index contributed by atoms with van der Waals surface area (Å²) in [5.74, 6) is -2.80. The summed E-state index contributed by atoms with van der Waals surface area (Å²) in [5, 5.41) is 0. The summed E-state index contributed by atoms with van der Waals surface area (Å²) in [6, 6.07) is 8.52. The highest BCUT2D eigenvalue weighted by atomic mass is 16.7. The number of nitrogens with zero attached hydrogens (tertiary/aromatic N) is 1. The predicted molar refractivity (Wildman–Crippen MR) is 164 cm³/mol. The summed E-state index contributed by atoms with van der Waals surface area (Å²) in [7, 11) is 3.84. The molecule has 2 heterocycles. The molecule has 44 heavy (non-hydrogen) atoms. The van der Waals surface area contributed by atoms with Gasteiger partial charge >= 0.3 is 11.9 Å². The number of hydrogen-bond acceptors (Lipinski definition) is 10. The van der Waals surface area contributed by atoms with Gasteiger partial charge in [-0.15, -0.1) is 6.58 Å². The van der Waals surface area contributed by atoms with Gasteiger partial charge in [-0.25, -0.2) is 9.59 Å². The molecule has 0 amide bonds. The molecule has 244 valence electrons. The SMILES string of the molecule is C=CCO[C@](C)(C[C@@H](C)C=O)[C@H](O[C@@H]1O[C@H](C)CC(N(C)C)C1OC(=O)c1ccccc1)[C@@H](C)C1=C(C)C(=O)OC(C)(C)O1. The van der Waals surface area contributed by atoms with Gasteiger partial charge in [0.15, 0.2) is 12.4 Å². The Balaban J connectivity index is 2.12. The van der Waals surface area contributed by atoms with Gasteiger partial charge in [0.2, 0.25) is 5.79 Å². The maximum atomic E-state index is 13.3. The number of benzene rings is 1. The molecule has 1 aromatic rings. The topological polar surface area (TPSA) is 110 Å². The van der Waals surface area contributed by atoms with Gasteiger partial charge < -0.3 is 38.1 Å². The zero-order valence-electron chi connectivity index (χ0n) is 27.5. The van der Waals surface area contributed by atoms with Crippen LogP contribution in [-0.4, -0.2) is 85.9 Å². The molecule has 0 bridgehead atoms. The van der Waals surface area contributed by atoms with Crippen molar-refractivity contribution in [3.8, 4) is 0 Å². The normalized spacial score (nSPS) is 26.9. The summed E-state index contributed by atoms with van der Waals surface area (Å²) in [6.45, 7) is 16.4. The molecule has 1 fully saturated rings. The van der Waals surface area contributed by atoms with Crippen LogP contribution in [0.3, 0.4) is 0 Å². The lowest BCUT2D eigenvalue weighted by Gasteiger charge is -2.48. The zero-order valence-corrected chi connectivity index (χ0v) is 27.5. The minimum absolute atomic E-state index is 0.176. The molecule has 1 saturated heterocycles. The third kappa shape index (κ3) is 8.56. The monoisotopic (exact) mass is 615 g/mol. The van der Waals surface area contributed by atoms with Crippen molar-refractivity contribution in [2.45, 2.75) is 103 Å². The summed E-state index contributed by atoms with van der Waals surface area (Å²) in [5.41, 5.74) is -0.388. The van der Waals surface area contributed by atoms with Crippen LogP contribution in [0.15, 0.2) is 54.3 Å². The van der Waals surface area contributed by atoms with E-state index in [0.717, 1.165) is 6.29 Å². The summed E-state index contributed by atoms with van der Waals surface area (Å²) in [6.07, 6.45) is 0.461. The number of carbonyl (C=O) groups is 3. The highest BCUT2D eigenvalue weighted by molar-refractivity contribution is 5.89. The minimum atomic E-state index is -1.21. The molecule has 2 unspecified atom stereocenters. The molecule has 2 aliphatic rings. The molecule has 0 radical (unpaired) electrons. The molecule has 1 aromatic carbocycles. The Morgan fingerprint density at radius 2 is 1.86 bits per heavy atom. The Morgan fingerprint density at radius 3 is 2.45 bits per heavy atom. The van der Waals surface area contributed by atoms with Crippen molar-refractivity contribution >= 4 is 18.2 Å². The van der Waals surface area contributed by atoms with E-state index in [1.165, 1.54) is 0 Å². The van der Waals surface area contributed by atoms with E-state index in [4.69, 9.17) is 28.4 Å². The van der Waals surface area contributed by atoms with Gasteiger partial charge in [0.1, 0.15) is 12.0 Å². The highest BCUT2D eigenvalue weighted by Gasteiger charge is 2.50. The first-order valence-corrected chi connectivity index (χ1v) is 15.2. The summed E-state index contributed by atoms with van der Waals surface area (Å²) in [4.78, 5) is 40.1. The van der Waals surface area contributed by atoms with Crippen molar-refractivity contribution in [3.05, 3.63) is 59.9 Å². The number of ether oxygens (including phenoxy) is 6. The van der Waals surface area contributed by atoms with Gasteiger partial charge in [-0.2, -0.15) is 0 Å². The van der Waals surface area contributed by atoms with Crippen LogP contribution in [0.1, 0.15) is 71.7 Å². The quantitative estimate of drug-likeness (QED) is 0.160. The summed E-state index contributed by atoms with van der Waals surface area (Å²) >= 11 is 0. The van der Waals surface area contributed by atoms with Crippen LogP contribution >= 0.6 is 0 Å². The van der Waals surface area contributed by atoms with E-state index >= 15 is 0 Å².